The lowest BCUT2D eigenvalue weighted by Gasteiger charge is -2.32. The number of piperidine rings is 1. The molecule has 0 spiro atoms. The van der Waals surface area contributed by atoms with Crippen molar-refractivity contribution >= 4 is 5.91 Å². The van der Waals surface area contributed by atoms with Crippen molar-refractivity contribution in [1.29, 1.82) is 0 Å². The van der Waals surface area contributed by atoms with Crippen molar-refractivity contribution in [3.05, 3.63) is 53.4 Å². The number of ether oxygens (including phenoxy) is 2. The molecular formula is C21H25F4N3O3. The number of hydrogen-bond acceptors (Lipinski definition) is 4. The Morgan fingerprint density at radius 1 is 1.23 bits per heavy atom. The molecule has 1 aliphatic rings. The van der Waals surface area contributed by atoms with E-state index in [9.17, 15) is 22.4 Å². The molecule has 6 nitrogen and oxygen atoms in total. The van der Waals surface area contributed by atoms with Crippen LogP contribution < -0.4 is 0 Å². The van der Waals surface area contributed by atoms with E-state index in [4.69, 9.17) is 9.47 Å². The molecule has 1 saturated heterocycles. The number of imidazole rings is 1. The molecule has 1 aliphatic heterocycles. The van der Waals surface area contributed by atoms with E-state index in [2.05, 4.69) is 4.98 Å². The Bertz CT molecular complexity index is 877. The third-order valence-electron chi connectivity index (χ3n) is 5.32. The normalized spacial score (nSPS) is 15.5. The van der Waals surface area contributed by atoms with Crippen molar-refractivity contribution in [1.82, 2.24) is 14.5 Å². The Labute approximate surface area is 177 Å². The first-order valence-corrected chi connectivity index (χ1v) is 10.0. The van der Waals surface area contributed by atoms with Gasteiger partial charge in [-0.05, 0) is 30.5 Å². The summed E-state index contributed by atoms with van der Waals surface area (Å²) in [4.78, 5) is 18.6. The summed E-state index contributed by atoms with van der Waals surface area (Å²) in [5, 5.41) is 0. The van der Waals surface area contributed by atoms with Crippen LogP contribution in [0.3, 0.4) is 0 Å². The maximum Gasteiger partial charge on any atom is 0.419 e. The summed E-state index contributed by atoms with van der Waals surface area (Å²) in [7, 11) is 1.61. The quantitative estimate of drug-likeness (QED) is 0.462. The molecule has 1 fully saturated rings. The molecule has 0 aliphatic carbocycles. The maximum absolute atomic E-state index is 13.7. The largest absolute Gasteiger partial charge is 0.419 e. The van der Waals surface area contributed by atoms with Gasteiger partial charge in [-0.2, -0.15) is 13.2 Å². The number of alkyl halides is 3. The van der Waals surface area contributed by atoms with Gasteiger partial charge in [-0.25, -0.2) is 9.37 Å². The molecule has 2 heterocycles. The summed E-state index contributed by atoms with van der Waals surface area (Å²) < 4.78 is 64.2. The summed E-state index contributed by atoms with van der Waals surface area (Å²) in [6.45, 7) is 2.37. The second-order valence-electron chi connectivity index (χ2n) is 7.43. The van der Waals surface area contributed by atoms with E-state index in [1.807, 2.05) is 10.8 Å². The smallest absolute Gasteiger partial charge is 0.382 e. The van der Waals surface area contributed by atoms with Crippen molar-refractivity contribution in [2.75, 3.05) is 33.4 Å². The van der Waals surface area contributed by atoms with Gasteiger partial charge in [0.1, 0.15) is 18.4 Å². The third kappa shape index (κ3) is 6.04. The minimum absolute atomic E-state index is 0.137. The first-order chi connectivity index (χ1) is 14.8. The van der Waals surface area contributed by atoms with Gasteiger partial charge in [-0.15, -0.1) is 0 Å². The van der Waals surface area contributed by atoms with Gasteiger partial charge in [-0.3, -0.25) is 4.79 Å². The van der Waals surface area contributed by atoms with E-state index in [1.165, 1.54) is 0 Å². The van der Waals surface area contributed by atoms with E-state index >= 15 is 0 Å². The van der Waals surface area contributed by atoms with Crippen LogP contribution in [0, 0.1) is 5.82 Å². The zero-order valence-electron chi connectivity index (χ0n) is 17.2. The molecule has 0 unspecified atom stereocenters. The molecule has 31 heavy (non-hydrogen) atoms. The molecule has 1 amide bonds. The third-order valence-corrected chi connectivity index (χ3v) is 5.32. The topological polar surface area (TPSA) is 56.6 Å². The van der Waals surface area contributed by atoms with Crippen molar-refractivity contribution in [3.8, 4) is 0 Å². The fourth-order valence-corrected chi connectivity index (χ4v) is 3.67. The average molecular weight is 443 g/mol. The van der Waals surface area contributed by atoms with Crippen LogP contribution in [-0.2, 0) is 33.6 Å². The highest BCUT2D eigenvalue weighted by Gasteiger charge is 2.34. The van der Waals surface area contributed by atoms with Crippen LogP contribution in [0.25, 0.3) is 0 Å². The number of carbonyl (C=O) groups is 1. The van der Waals surface area contributed by atoms with Crippen LogP contribution in [0.5, 0.6) is 0 Å². The number of hydrogen-bond donors (Lipinski definition) is 0. The number of carbonyl (C=O) groups excluding carboxylic acids is 1. The average Bonchev–Trinajstić information content (AvgIpc) is 3.19. The minimum Gasteiger partial charge on any atom is -0.382 e. The first kappa shape index (κ1) is 23.2. The van der Waals surface area contributed by atoms with Gasteiger partial charge < -0.3 is 18.9 Å². The van der Waals surface area contributed by atoms with Gasteiger partial charge in [0, 0.05) is 38.5 Å². The van der Waals surface area contributed by atoms with Gasteiger partial charge in [0.15, 0.2) is 0 Å². The molecule has 0 saturated carbocycles. The lowest BCUT2D eigenvalue weighted by atomic mass is 9.95. The summed E-state index contributed by atoms with van der Waals surface area (Å²) in [5.41, 5.74) is -1.10. The fourth-order valence-electron chi connectivity index (χ4n) is 3.67. The number of amides is 1. The van der Waals surface area contributed by atoms with Crippen LogP contribution in [-0.4, -0.2) is 53.8 Å². The molecule has 10 heteroatoms. The molecule has 2 aromatic rings. The molecule has 0 bridgehead atoms. The van der Waals surface area contributed by atoms with Crippen LogP contribution in [0.15, 0.2) is 30.6 Å². The Hall–Kier alpha value is -2.46. The molecule has 1 aromatic carbocycles. The number of likely N-dealkylation sites (tertiary alicyclic amines) is 1. The van der Waals surface area contributed by atoms with Crippen molar-refractivity contribution in [2.45, 2.75) is 38.1 Å². The van der Waals surface area contributed by atoms with E-state index in [-0.39, 0.29) is 23.8 Å². The number of rotatable bonds is 8. The lowest BCUT2D eigenvalue weighted by molar-refractivity contribution is -0.140. The second-order valence-corrected chi connectivity index (χ2v) is 7.43. The van der Waals surface area contributed by atoms with Crippen LogP contribution in [0.1, 0.15) is 35.7 Å². The number of nitrogens with zero attached hydrogens (tertiary/aromatic N) is 3. The van der Waals surface area contributed by atoms with Gasteiger partial charge in [0.05, 0.1) is 25.2 Å². The van der Waals surface area contributed by atoms with Gasteiger partial charge in [-0.1, -0.05) is 6.07 Å². The van der Waals surface area contributed by atoms with Crippen LogP contribution >= 0.6 is 0 Å². The zero-order valence-corrected chi connectivity index (χ0v) is 17.2. The highest BCUT2D eigenvalue weighted by molar-refractivity contribution is 5.78. The predicted octanol–water partition coefficient (Wildman–Crippen LogP) is 3.61. The lowest BCUT2D eigenvalue weighted by Crippen LogP contribution is -2.39. The number of aromatic nitrogens is 2. The van der Waals surface area contributed by atoms with E-state index in [1.54, 1.807) is 18.2 Å². The maximum atomic E-state index is 13.7. The van der Waals surface area contributed by atoms with Gasteiger partial charge in [0.25, 0.3) is 0 Å². The molecular weight excluding hydrogens is 418 g/mol. The standard InChI is InChI=1S/C21H25F4N3O3/c1-30-10-11-31-14-28-9-6-26-20(28)16-4-7-27(8-5-16)19(29)13-15-2-3-17(18(22)12-15)21(23,24)25/h2-3,6,9,12,16H,4-5,7-8,10-11,13-14H2,1H3. The van der Waals surface area contributed by atoms with E-state index < -0.39 is 17.6 Å². The minimum atomic E-state index is -4.75. The number of halogens is 4. The van der Waals surface area contributed by atoms with Gasteiger partial charge in [0.2, 0.25) is 5.91 Å². The van der Waals surface area contributed by atoms with Crippen LogP contribution in [0.2, 0.25) is 0 Å². The van der Waals surface area contributed by atoms with Crippen molar-refractivity contribution in [2.24, 2.45) is 0 Å². The monoisotopic (exact) mass is 443 g/mol. The van der Waals surface area contributed by atoms with Crippen molar-refractivity contribution in [3.63, 3.8) is 0 Å². The number of methoxy groups -OCH3 is 1. The molecule has 0 N–H and O–H groups in total. The Kier molecular flexibility index (Phi) is 7.66. The molecule has 170 valence electrons. The fraction of sp³-hybridized carbons (Fsp3) is 0.524. The summed E-state index contributed by atoms with van der Waals surface area (Å²) >= 11 is 0. The summed E-state index contributed by atoms with van der Waals surface area (Å²) in [6.07, 6.45) is 0.0889. The summed E-state index contributed by atoms with van der Waals surface area (Å²) in [5.74, 6) is -0.525. The number of benzene rings is 1. The molecule has 0 radical (unpaired) electrons. The summed E-state index contributed by atoms with van der Waals surface area (Å²) in [6, 6.07) is 2.61. The Balaban J connectivity index is 1.53. The molecule has 0 atom stereocenters. The van der Waals surface area contributed by atoms with Crippen LogP contribution in [0.4, 0.5) is 17.6 Å². The highest BCUT2D eigenvalue weighted by atomic mass is 19.4. The second kappa shape index (κ2) is 10.2. The molecule has 3 rings (SSSR count). The first-order valence-electron chi connectivity index (χ1n) is 10.0. The van der Waals surface area contributed by atoms with E-state index in [0.717, 1.165) is 18.0 Å². The highest BCUT2D eigenvalue weighted by Crippen LogP contribution is 2.32. The zero-order chi connectivity index (χ0) is 22.4. The predicted molar refractivity (Wildman–Crippen MR) is 104 cm³/mol. The van der Waals surface area contributed by atoms with E-state index in [0.29, 0.717) is 51.9 Å². The Morgan fingerprint density at radius 2 is 1.97 bits per heavy atom. The molecule has 1 aromatic heterocycles. The van der Waals surface area contributed by atoms with Gasteiger partial charge >= 0.3 is 6.18 Å². The Morgan fingerprint density at radius 3 is 2.61 bits per heavy atom. The SMILES string of the molecule is COCCOCn1ccnc1C1CCN(C(=O)Cc2ccc(C(F)(F)F)c(F)c2)CC1. The van der Waals surface area contributed by atoms with Crippen molar-refractivity contribution < 1.29 is 31.8 Å².